The quantitative estimate of drug-likeness (QED) is 0.131. The predicted molar refractivity (Wildman–Crippen MR) is 215 cm³/mol. The van der Waals surface area contributed by atoms with Crippen LogP contribution >= 0.6 is 34.4 Å². The summed E-state index contributed by atoms with van der Waals surface area (Å²) in [4.78, 5) is 14.0. The van der Waals surface area contributed by atoms with Gasteiger partial charge in [0.05, 0.1) is 0 Å². The molecule has 0 atom stereocenters. The number of piperazine rings is 2. The summed E-state index contributed by atoms with van der Waals surface area (Å²) in [6, 6.07) is 8.67. The van der Waals surface area contributed by atoms with E-state index in [4.69, 9.17) is 0 Å². The molecule has 12 nitrogen and oxygen atoms in total. The number of unbranched alkanes of at least 4 members (excludes halogenated alkanes) is 1. The highest BCUT2D eigenvalue weighted by Crippen LogP contribution is 2.33. The van der Waals surface area contributed by atoms with Crippen LogP contribution < -0.4 is 9.80 Å². The van der Waals surface area contributed by atoms with Crippen LogP contribution in [0.2, 0.25) is 0 Å². The summed E-state index contributed by atoms with van der Waals surface area (Å²) in [6.45, 7) is 16.6. The highest BCUT2D eigenvalue weighted by Gasteiger charge is 2.24. The molecule has 2 saturated heterocycles. The molecule has 0 amide bonds. The maximum Gasteiger partial charge on any atom is 0.208 e. The zero-order valence-corrected chi connectivity index (χ0v) is 33.2. The predicted octanol–water partition coefficient (Wildman–Crippen LogP) is 5.73. The Hall–Kier alpha value is -3.24. The van der Waals surface area contributed by atoms with Gasteiger partial charge in [0.15, 0.2) is 15.8 Å². The van der Waals surface area contributed by atoms with Gasteiger partial charge in [-0.15, -0.1) is 42.4 Å². The highest BCUT2D eigenvalue weighted by molar-refractivity contribution is 8.14. The van der Waals surface area contributed by atoms with Gasteiger partial charge in [-0.2, -0.15) is 0 Å². The van der Waals surface area contributed by atoms with Crippen LogP contribution in [-0.4, -0.2) is 129 Å². The lowest BCUT2D eigenvalue weighted by Gasteiger charge is -2.31. The Morgan fingerprint density at radius 3 is 2.16 bits per heavy atom. The number of thioether (sulfide) groups is 1. The molecule has 2 aliphatic heterocycles. The van der Waals surface area contributed by atoms with Crippen molar-refractivity contribution in [2.45, 2.75) is 59.4 Å². The standard InChI is InChI=1S/C23H29N7S.C13H23N5S2/c1-3-4-11-30-20(16-18-10-9-17-7-5-6-8-19(17)18)24-25-21(30)22-26-27-23(31-22)29-14-12-28(2)13-15-29;1-4-6-14-11(19-5-2)12-15-16-13(20-12)18-9-7-17(3)8-10-18/h5-8,10H,3-4,9,11-16H2,1-2H3;4-10H2,1-3H3. The highest BCUT2D eigenvalue weighted by atomic mass is 32.2. The van der Waals surface area contributed by atoms with Gasteiger partial charge in [-0.3, -0.25) is 4.99 Å². The molecule has 7 rings (SSSR count). The number of rotatable bonds is 12. The van der Waals surface area contributed by atoms with Crippen molar-refractivity contribution in [3.05, 3.63) is 52.3 Å². The molecule has 0 spiro atoms. The van der Waals surface area contributed by atoms with Crippen LogP contribution in [0.5, 0.6) is 0 Å². The van der Waals surface area contributed by atoms with Crippen molar-refractivity contribution in [1.82, 2.24) is 45.0 Å². The van der Waals surface area contributed by atoms with Crippen LogP contribution in [0, 0.1) is 0 Å². The van der Waals surface area contributed by atoms with Gasteiger partial charge in [0, 0.05) is 71.9 Å². The lowest BCUT2D eigenvalue weighted by molar-refractivity contribution is 0.312. The van der Waals surface area contributed by atoms with Crippen molar-refractivity contribution in [3.63, 3.8) is 0 Å². The van der Waals surface area contributed by atoms with Gasteiger partial charge in [-0.1, -0.05) is 80.2 Å². The van der Waals surface area contributed by atoms with Gasteiger partial charge < -0.3 is 24.2 Å². The second-order valence-electron chi connectivity index (χ2n) is 13.2. The molecule has 4 aromatic rings. The van der Waals surface area contributed by atoms with E-state index in [1.54, 1.807) is 34.4 Å². The molecule has 0 bridgehead atoms. The second-order valence-corrected chi connectivity index (χ2v) is 16.4. The van der Waals surface area contributed by atoms with Crippen LogP contribution in [0.3, 0.4) is 0 Å². The third-order valence-corrected chi connectivity index (χ3v) is 12.3. The molecule has 0 radical (unpaired) electrons. The first kappa shape index (κ1) is 37.5. The number of hydrogen-bond donors (Lipinski definition) is 0. The third kappa shape index (κ3) is 9.60. The molecule has 0 N–H and O–H groups in total. The maximum absolute atomic E-state index is 4.63. The number of hydrogen-bond acceptors (Lipinski definition) is 14. The van der Waals surface area contributed by atoms with E-state index >= 15 is 0 Å². The summed E-state index contributed by atoms with van der Waals surface area (Å²) in [5.41, 5.74) is 4.10. The van der Waals surface area contributed by atoms with Gasteiger partial charge >= 0.3 is 0 Å². The summed E-state index contributed by atoms with van der Waals surface area (Å²) in [6.07, 6.45) is 7.44. The number of likely N-dealkylation sites (N-methyl/N-ethyl adjacent to an activating group) is 2. The van der Waals surface area contributed by atoms with Crippen molar-refractivity contribution < 1.29 is 0 Å². The third-order valence-electron chi connectivity index (χ3n) is 9.35. The number of allylic oxidation sites excluding steroid dienone is 2. The number of anilines is 2. The van der Waals surface area contributed by atoms with Crippen molar-refractivity contribution in [3.8, 4) is 10.8 Å². The normalized spacial score (nSPS) is 17.0. The molecule has 1 aliphatic carbocycles. The van der Waals surface area contributed by atoms with Crippen LogP contribution in [0.4, 0.5) is 10.3 Å². The number of aliphatic imine (C=N–C) groups is 1. The van der Waals surface area contributed by atoms with Crippen LogP contribution in [0.25, 0.3) is 16.4 Å². The van der Waals surface area contributed by atoms with Gasteiger partial charge in [0.2, 0.25) is 10.3 Å². The minimum Gasteiger partial charge on any atom is -0.344 e. The molecule has 0 unspecified atom stereocenters. The SMILES string of the molecule is CCCCn1c(CC2=CCc3ccccc32)nnc1-c1nnc(N2CCN(C)CC2)s1.CCCN=C(SCC)c1nnc(N2CCN(C)CC2)s1. The maximum atomic E-state index is 4.63. The van der Waals surface area contributed by atoms with E-state index in [0.29, 0.717) is 0 Å². The average Bonchev–Trinajstić information content (AvgIpc) is 3.98. The Balaban J connectivity index is 0.000000194. The summed E-state index contributed by atoms with van der Waals surface area (Å²) in [7, 11) is 4.33. The molecule has 2 fully saturated rings. The van der Waals surface area contributed by atoms with E-state index in [2.05, 4.69) is 125 Å². The van der Waals surface area contributed by atoms with Gasteiger partial charge in [0.1, 0.15) is 10.9 Å². The molecule has 3 aliphatic rings. The fourth-order valence-corrected chi connectivity index (χ4v) is 8.86. The van der Waals surface area contributed by atoms with Crippen LogP contribution in [0.1, 0.15) is 62.0 Å². The van der Waals surface area contributed by atoms with E-state index in [0.717, 1.165) is 140 Å². The van der Waals surface area contributed by atoms with Gasteiger partial charge in [-0.05, 0) is 55.8 Å². The number of aromatic nitrogens is 7. The molecular formula is C36H52N12S3. The second kappa shape index (κ2) is 18.5. The van der Waals surface area contributed by atoms with E-state index < -0.39 is 0 Å². The minimum atomic E-state index is 0.803. The summed E-state index contributed by atoms with van der Waals surface area (Å²) in [5.74, 6) is 2.89. The fourth-order valence-electron chi connectivity index (χ4n) is 6.25. The smallest absolute Gasteiger partial charge is 0.208 e. The largest absolute Gasteiger partial charge is 0.344 e. The lowest BCUT2D eigenvalue weighted by Crippen LogP contribution is -2.44. The Morgan fingerprint density at radius 1 is 0.784 bits per heavy atom. The minimum absolute atomic E-state index is 0.803. The topological polar surface area (TPSA) is 108 Å². The Bertz CT molecular complexity index is 1740. The zero-order chi connectivity index (χ0) is 35.6. The van der Waals surface area contributed by atoms with Crippen molar-refractivity contribution in [2.75, 3.05) is 88.6 Å². The van der Waals surface area contributed by atoms with Gasteiger partial charge in [-0.25, -0.2) is 0 Å². The first-order valence-electron chi connectivity index (χ1n) is 18.4. The summed E-state index contributed by atoms with van der Waals surface area (Å²) >= 11 is 5.07. The monoisotopic (exact) mass is 748 g/mol. The van der Waals surface area contributed by atoms with E-state index in [9.17, 15) is 0 Å². The number of fused-ring (bicyclic) bond motifs is 1. The first-order chi connectivity index (χ1) is 25.0. The lowest BCUT2D eigenvalue weighted by atomic mass is 10.0. The van der Waals surface area contributed by atoms with E-state index in [1.165, 1.54) is 16.7 Å². The van der Waals surface area contributed by atoms with Crippen molar-refractivity contribution >= 4 is 55.3 Å². The van der Waals surface area contributed by atoms with Gasteiger partial charge in [0.25, 0.3) is 0 Å². The Morgan fingerprint density at radius 2 is 1.47 bits per heavy atom. The fraction of sp³-hybridized carbons (Fsp3) is 0.583. The van der Waals surface area contributed by atoms with Crippen molar-refractivity contribution in [1.29, 1.82) is 0 Å². The molecular weight excluding hydrogens is 697 g/mol. The zero-order valence-electron chi connectivity index (χ0n) is 30.8. The Kier molecular flexibility index (Phi) is 13.6. The number of nitrogens with zero attached hydrogens (tertiary/aromatic N) is 12. The Labute approximate surface area is 315 Å². The summed E-state index contributed by atoms with van der Waals surface area (Å²) < 4.78 is 2.26. The molecule has 51 heavy (non-hydrogen) atoms. The average molecular weight is 749 g/mol. The summed E-state index contributed by atoms with van der Waals surface area (Å²) in [5, 5.41) is 31.8. The van der Waals surface area contributed by atoms with Crippen LogP contribution in [0.15, 0.2) is 35.3 Å². The molecule has 274 valence electrons. The molecule has 3 aromatic heterocycles. The van der Waals surface area contributed by atoms with Crippen molar-refractivity contribution in [2.24, 2.45) is 4.99 Å². The van der Waals surface area contributed by atoms with E-state index in [-0.39, 0.29) is 0 Å². The molecule has 15 heteroatoms. The first-order valence-corrected chi connectivity index (χ1v) is 21.0. The molecule has 5 heterocycles. The van der Waals surface area contributed by atoms with Crippen LogP contribution in [-0.2, 0) is 19.4 Å². The van der Waals surface area contributed by atoms with E-state index in [1.807, 2.05) is 0 Å². The molecule has 1 aromatic carbocycles. The number of benzene rings is 1. The molecule has 0 saturated carbocycles.